The Morgan fingerprint density at radius 3 is 2.80 bits per heavy atom. The minimum Gasteiger partial charge on any atom is -0.364 e. The van der Waals surface area contributed by atoms with Gasteiger partial charge in [0.2, 0.25) is 0 Å². The largest absolute Gasteiger partial charge is 0.364 e. The molecule has 4 rings (SSSR count). The SMILES string of the molecule is Cc1cc(NCc2c(C)nc3sc(C)cn23)nc(-c2ccccn2)n1. The topological polar surface area (TPSA) is 68.0 Å². The number of anilines is 1. The van der Waals surface area contributed by atoms with Crippen molar-refractivity contribution in [1.82, 2.24) is 24.3 Å². The third-order valence-electron chi connectivity index (χ3n) is 3.93. The number of pyridine rings is 1. The molecule has 0 unspecified atom stereocenters. The number of fused-ring (bicyclic) bond motifs is 1. The lowest BCUT2D eigenvalue weighted by atomic mass is 10.3. The smallest absolute Gasteiger partial charge is 0.194 e. The van der Waals surface area contributed by atoms with E-state index in [1.807, 2.05) is 38.1 Å². The van der Waals surface area contributed by atoms with Crippen molar-refractivity contribution in [3.05, 3.63) is 58.6 Å². The average molecular weight is 350 g/mol. The zero-order chi connectivity index (χ0) is 17.4. The van der Waals surface area contributed by atoms with Crippen LogP contribution in [0.4, 0.5) is 5.82 Å². The number of imidazole rings is 1. The van der Waals surface area contributed by atoms with Crippen LogP contribution >= 0.6 is 11.3 Å². The predicted molar refractivity (Wildman–Crippen MR) is 99.9 cm³/mol. The van der Waals surface area contributed by atoms with Gasteiger partial charge >= 0.3 is 0 Å². The summed E-state index contributed by atoms with van der Waals surface area (Å²) in [7, 11) is 0. The molecule has 6 nitrogen and oxygen atoms in total. The van der Waals surface area contributed by atoms with Gasteiger partial charge in [-0.25, -0.2) is 15.0 Å². The predicted octanol–water partition coefficient (Wildman–Crippen LogP) is 3.79. The number of hydrogen-bond donors (Lipinski definition) is 1. The Morgan fingerprint density at radius 1 is 1.12 bits per heavy atom. The van der Waals surface area contributed by atoms with E-state index >= 15 is 0 Å². The first-order chi connectivity index (χ1) is 12.1. The Hall–Kier alpha value is -2.80. The second-order valence-electron chi connectivity index (χ2n) is 5.93. The van der Waals surface area contributed by atoms with Crippen LogP contribution < -0.4 is 5.32 Å². The fourth-order valence-electron chi connectivity index (χ4n) is 2.76. The van der Waals surface area contributed by atoms with E-state index in [4.69, 9.17) is 0 Å². The lowest BCUT2D eigenvalue weighted by Crippen LogP contribution is -2.07. The molecule has 0 aliphatic rings. The molecular weight excluding hydrogens is 332 g/mol. The fourth-order valence-corrected chi connectivity index (χ4v) is 3.65. The number of nitrogens with one attached hydrogen (secondary N) is 1. The molecule has 0 atom stereocenters. The van der Waals surface area contributed by atoms with Crippen LogP contribution in [0.15, 0.2) is 36.7 Å². The summed E-state index contributed by atoms with van der Waals surface area (Å²) >= 11 is 1.70. The van der Waals surface area contributed by atoms with Crippen molar-refractivity contribution in [2.75, 3.05) is 5.32 Å². The maximum atomic E-state index is 4.63. The second-order valence-corrected chi connectivity index (χ2v) is 7.14. The highest BCUT2D eigenvalue weighted by atomic mass is 32.1. The Kier molecular flexibility index (Phi) is 3.93. The molecule has 0 amide bonds. The van der Waals surface area contributed by atoms with Crippen LogP contribution in [0, 0.1) is 20.8 Å². The molecule has 25 heavy (non-hydrogen) atoms. The molecule has 0 saturated heterocycles. The second kappa shape index (κ2) is 6.25. The van der Waals surface area contributed by atoms with Crippen LogP contribution in [0.1, 0.15) is 22.0 Å². The van der Waals surface area contributed by atoms with Gasteiger partial charge < -0.3 is 5.32 Å². The van der Waals surface area contributed by atoms with Crippen molar-refractivity contribution < 1.29 is 0 Å². The monoisotopic (exact) mass is 350 g/mol. The molecular formula is C18H18N6S. The van der Waals surface area contributed by atoms with Gasteiger partial charge in [0.05, 0.1) is 17.9 Å². The molecule has 0 bridgehead atoms. The van der Waals surface area contributed by atoms with E-state index in [2.05, 4.69) is 42.8 Å². The summed E-state index contributed by atoms with van der Waals surface area (Å²) in [6, 6.07) is 7.68. The van der Waals surface area contributed by atoms with Crippen molar-refractivity contribution in [3.63, 3.8) is 0 Å². The van der Waals surface area contributed by atoms with Crippen LogP contribution in [0.25, 0.3) is 16.5 Å². The lowest BCUT2D eigenvalue weighted by molar-refractivity contribution is 0.972. The van der Waals surface area contributed by atoms with Gasteiger partial charge in [-0.2, -0.15) is 0 Å². The molecule has 0 fully saturated rings. The molecule has 7 heteroatoms. The van der Waals surface area contributed by atoms with Gasteiger partial charge in [-0.1, -0.05) is 6.07 Å². The van der Waals surface area contributed by atoms with Crippen molar-refractivity contribution in [3.8, 4) is 11.5 Å². The van der Waals surface area contributed by atoms with E-state index in [-0.39, 0.29) is 0 Å². The van der Waals surface area contributed by atoms with Crippen LogP contribution in [0.2, 0.25) is 0 Å². The minimum absolute atomic E-state index is 0.629. The zero-order valence-corrected chi connectivity index (χ0v) is 15.1. The fraction of sp³-hybridized carbons (Fsp3) is 0.222. The van der Waals surface area contributed by atoms with Gasteiger partial charge in [-0.05, 0) is 32.9 Å². The summed E-state index contributed by atoms with van der Waals surface area (Å²) in [6.07, 6.45) is 3.88. The lowest BCUT2D eigenvalue weighted by Gasteiger charge is -2.08. The summed E-state index contributed by atoms with van der Waals surface area (Å²) in [6.45, 7) is 6.75. The van der Waals surface area contributed by atoms with Gasteiger partial charge in [0.1, 0.15) is 11.5 Å². The number of hydrogen-bond acceptors (Lipinski definition) is 6. The van der Waals surface area contributed by atoms with Gasteiger partial charge in [-0.15, -0.1) is 11.3 Å². The molecule has 4 aromatic rings. The maximum Gasteiger partial charge on any atom is 0.194 e. The van der Waals surface area contributed by atoms with E-state index in [1.54, 1.807) is 17.5 Å². The van der Waals surface area contributed by atoms with E-state index < -0.39 is 0 Å². The first-order valence-electron chi connectivity index (χ1n) is 8.05. The normalized spacial score (nSPS) is 11.2. The molecule has 126 valence electrons. The maximum absolute atomic E-state index is 4.63. The molecule has 0 aliphatic carbocycles. The molecule has 0 spiro atoms. The highest BCUT2D eigenvalue weighted by molar-refractivity contribution is 7.17. The highest BCUT2D eigenvalue weighted by Crippen LogP contribution is 2.22. The first-order valence-corrected chi connectivity index (χ1v) is 8.87. The van der Waals surface area contributed by atoms with Crippen LogP contribution in [-0.2, 0) is 6.54 Å². The summed E-state index contributed by atoms with van der Waals surface area (Å²) in [5.74, 6) is 1.42. The number of rotatable bonds is 4. The highest BCUT2D eigenvalue weighted by Gasteiger charge is 2.12. The third kappa shape index (κ3) is 3.10. The van der Waals surface area contributed by atoms with Gasteiger partial charge in [-0.3, -0.25) is 9.38 Å². The molecule has 4 heterocycles. The quantitative estimate of drug-likeness (QED) is 0.606. The average Bonchev–Trinajstić information content (AvgIpc) is 3.08. The van der Waals surface area contributed by atoms with Crippen molar-refractivity contribution in [2.24, 2.45) is 0 Å². The molecule has 1 N–H and O–H groups in total. The summed E-state index contributed by atoms with van der Waals surface area (Å²) in [5, 5.41) is 3.41. The van der Waals surface area contributed by atoms with Gasteiger partial charge in [0.25, 0.3) is 0 Å². The minimum atomic E-state index is 0.629. The molecule has 0 saturated carbocycles. The number of nitrogens with zero attached hydrogens (tertiary/aromatic N) is 5. The van der Waals surface area contributed by atoms with Crippen molar-refractivity contribution in [1.29, 1.82) is 0 Å². The summed E-state index contributed by atoms with van der Waals surface area (Å²) < 4.78 is 2.15. The Labute approximate surface area is 149 Å². The van der Waals surface area contributed by atoms with Crippen molar-refractivity contribution in [2.45, 2.75) is 27.3 Å². The third-order valence-corrected chi connectivity index (χ3v) is 4.82. The van der Waals surface area contributed by atoms with E-state index in [1.165, 1.54) is 4.88 Å². The van der Waals surface area contributed by atoms with Crippen LogP contribution in [-0.4, -0.2) is 24.3 Å². The Bertz CT molecular complexity index is 1030. The zero-order valence-electron chi connectivity index (χ0n) is 14.3. The Balaban J connectivity index is 1.62. The molecule has 4 aromatic heterocycles. The van der Waals surface area contributed by atoms with E-state index in [9.17, 15) is 0 Å². The Morgan fingerprint density at radius 2 is 2.00 bits per heavy atom. The standard InChI is InChI=1S/C18H18N6S/c1-11-8-16(23-17(21-11)14-6-4-5-7-19-14)20-9-15-13(3)22-18-24(15)10-12(2)25-18/h4-8,10H,9H2,1-3H3,(H,20,21,23). The van der Waals surface area contributed by atoms with Gasteiger partial charge in [0.15, 0.2) is 10.8 Å². The van der Waals surface area contributed by atoms with Crippen LogP contribution in [0.5, 0.6) is 0 Å². The molecule has 0 radical (unpaired) electrons. The van der Waals surface area contributed by atoms with Crippen LogP contribution in [0.3, 0.4) is 0 Å². The van der Waals surface area contributed by atoms with E-state index in [0.29, 0.717) is 12.4 Å². The van der Waals surface area contributed by atoms with E-state index in [0.717, 1.165) is 33.6 Å². The molecule has 0 aliphatic heterocycles. The first kappa shape index (κ1) is 15.7. The van der Waals surface area contributed by atoms with Gasteiger partial charge in [0, 0.05) is 29.0 Å². The summed E-state index contributed by atoms with van der Waals surface area (Å²) in [5.41, 5.74) is 3.86. The number of thiazole rings is 1. The molecule has 0 aromatic carbocycles. The van der Waals surface area contributed by atoms with Crippen molar-refractivity contribution >= 4 is 22.1 Å². The number of aryl methyl sites for hydroxylation is 3. The summed E-state index contributed by atoms with van der Waals surface area (Å²) in [4.78, 5) is 20.3. The number of aromatic nitrogens is 5.